The number of Topliss-reactive ketones (excluding diaryl/α,β-unsaturated/α-hetero) is 2. The fraction of sp³-hybridized carbons (Fsp3) is 0.586. The SMILES string of the molecule is C=C[C@@H](CCCCNC(=O)CC[C@H](CC(=N)C(=O)CC[C@H](/C=C/C(=O)CC[C@H](C)C(=O)O)C(=O)O)C(=O)O)C(C)=O. The lowest BCUT2D eigenvalue weighted by molar-refractivity contribution is -0.142. The zero-order valence-electron chi connectivity index (χ0n) is 23.7. The summed E-state index contributed by atoms with van der Waals surface area (Å²) in [6.07, 6.45) is 4.53. The van der Waals surface area contributed by atoms with Gasteiger partial charge in [0.15, 0.2) is 11.6 Å². The zero-order chi connectivity index (χ0) is 31.5. The normalized spacial score (nSPS) is 13.9. The van der Waals surface area contributed by atoms with E-state index in [0.29, 0.717) is 25.8 Å². The Hall–Kier alpha value is -3.96. The predicted molar refractivity (Wildman–Crippen MR) is 149 cm³/mol. The molecule has 0 rings (SSSR count). The summed E-state index contributed by atoms with van der Waals surface area (Å²) in [5.41, 5.74) is -0.494. The summed E-state index contributed by atoms with van der Waals surface area (Å²) in [4.78, 5) is 81.8. The molecule has 0 saturated heterocycles. The summed E-state index contributed by atoms with van der Waals surface area (Å²) in [6, 6.07) is 0. The van der Waals surface area contributed by atoms with E-state index < -0.39 is 59.4 Å². The minimum atomic E-state index is -1.29. The first-order chi connectivity index (χ1) is 19.2. The van der Waals surface area contributed by atoms with Crippen molar-refractivity contribution in [3.63, 3.8) is 0 Å². The molecule has 0 heterocycles. The number of carbonyl (C=O) groups excluding carboxylic acids is 4. The van der Waals surface area contributed by atoms with Crippen LogP contribution in [0, 0.1) is 29.1 Å². The van der Waals surface area contributed by atoms with Crippen LogP contribution in [0.3, 0.4) is 0 Å². The standard InChI is InChI=1S/C29H42N2O10/c1-4-20(19(3)32)7-5-6-16-31-26(35)15-11-22(29(40)41)17-24(30)25(34)14-10-21(28(38)39)9-13-23(33)12-8-18(2)27(36)37/h4,9,13,18,20-22,30H,1,5-8,10-12,14-17H2,2-3H3,(H,31,35)(H,36,37)(H,38,39)(H,40,41)/b13-9+,30-24?/t18-,20-,21-,22+/m0/s1. The number of carbonyl (C=O) groups is 7. The third kappa shape index (κ3) is 16.7. The number of hydrogen-bond acceptors (Lipinski definition) is 8. The van der Waals surface area contributed by atoms with Crippen molar-refractivity contribution in [2.45, 2.75) is 78.1 Å². The number of nitrogens with one attached hydrogen (secondary N) is 2. The smallest absolute Gasteiger partial charge is 0.310 e. The summed E-state index contributed by atoms with van der Waals surface area (Å²) in [5.74, 6) is -8.43. The van der Waals surface area contributed by atoms with E-state index in [2.05, 4.69) is 11.9 Å². The minimum absolute atomic E-state index is 0.0271. The number of unbranched alkanes of at least 4 members (excludes halogenated alkanes) is 1. The minimum Gasteiger partial charge on any atom is -0.481 e. The number of carboxylic acid groups (broad SMARTS) is 3. The first kappa shape index (κ1) is 37.0. The van der Waals surface area contributed by atoms with Crippen LogP contribution < -0.4 is 5.32 Å². The molecule has 0 aliphatic rings. The van der Waals surface area contributed by atoms with Crippen LogP contribution in [0.15, 0.2) is 24.8 Å². The molecule has 0 aliphatic heterocycles. The number of amides is 1. The number of rotatable bonds is 24. The molecule has 4 atom stereocenters. The second-order valence-corrected chi connectivity index (χ2v) is 10.1. The highest BCUT2D eigenvalue weighted by Crippen LogP contribution is 2.16. The molecule has 0 aromatic carbocycles. The number of hydrogen-bond donors (Lipinski definition) is 5. The molecule has 0 aromatic heterocycles. The van der Waals surface area contributed by atoms with E-state index in [4.69, 9.17) is 10.5 Å². The van der Waals surface area contributed by atoms with E-state index in [1.807, 2.05) is 0 Å². The molecular formula is C29H42N2O10. The van der Waals surface area contributed by atoms with Crippen molar-refractivity contribution in [1.82, 2.24) is 5.32 Å². The largest absolute Gasteiger partial charge is 0.481 e. The molecule has 12 nitrogen and oxygen atoms in total. The predicted octanol–water partition coefficient (Wildman–Crippen LogP) is 3.23. The van der Waals surface area contributed by atoms with Crippen LogP contribution >= 0.6 is 0 Å². The number of ketones is 3. The second-order valence-electron chi connectivity index (χ2n) is 10.1. The molecule has 0 unspecified atom stereocenters. The van der Waals surface area contributed by atoms with Gasteiger partial charge < -0.3 is 26.0 Å². The van der Waals surface area contributed by atoms with E-state index in [-0.39, 0.29) is 56.1 Å². The van der Waals surface area contributed by atoms with Gasteiger partial charge in [0.05, 0.1) is 23.5 Å². The van der Waals surface area contributed by atoms with Gasteiger partial charge in [-0.15, -0.1) is 6.58 Å². The maximum Gasteiger partial charge on any atom is 0.310 e. The van der Waals surface area contributed by atoms with Gasteiger partial charge in [-0.1, -0.05) is 25.5 Å². The number of carboxylic acids is 3. The van der Waals surface area contributed by atoms with Gasteiger partial charge in [0.2, 0.25) is 5.91 Å². The summed E-state index contributed by atoms with van der Waals surface area (Å²) in [6.45, 7) is 6.92. The first-order valence-electron chi connectivity index (χ1n) is 13.6. The lowest BCUT2D eigenvalue weighted by Gasteiger charge is -2.13. The van der Waals surface area contributed by atoms with Crippen LogP contribution in [0.4, 0.5) is 0 Å². The third-order valence-electron chi connectivity index (χ3n) is 6.69. The van der Waals surface area contributed by atoms with E-state index in [1.165, 1.54) is 13.8 Å². The van der Waals surface area contributed by atoms with Crippen LogP contribution in [0.5, 0.6) is 0 Å². The Labute approximate surface area is 239 Å². The highest BCUT2D eigenvalue weighted by Gasteiger charge is 2.25. The van der Waals surface area contributed by atoms with Gasteiger partial charge >= 0.3 is 17.9 Å². The molecule has 0 radical (unpaired) electrons. The van der Waals surface area contributed by atoms with E-state index in [9.17, 15) is 43.8 Å². The molecule has 12 heteroatoms. The highest BCUT2D eigenvalue weighted by molar-refractivity contribution is 6.38. The van der Waals surface area contributed by atoms with Crippen molar-refractivity contribution >= 4 is 46.9 Å². The first-order valence-corrected chi connectivity index (χ1v) is 13.6. The summed E-state index contributed by atoms with van der Waals surface area (Å²) in [7, 11) is 0. The fourth-order valence-corrected chi connectivity index (χ4v) is 3.80. The van der Waals surface area contributed by atoms with Crippen molar-refractivity contribution in [2.75, 3.05) is 6.54 Å². The lowest BCUT2D eigenvalue weighted by Crippen LogP contribution is -2.28. The van der Waals surface area contributed by atoms with Crippen molar-refractivity contribution in [3.05, 3.63) is 24.8 Å². The van der Waals surface area contributed by atoms with E-state index in [1.54, 1.807) is 6.08 Å². The van der Waals surface area contributed by atoms with Gasteiger partial charge in [0, 0.05) is 38.1 Å². The van der Waals surface area contributed by atoms with Crippen LogP contribution in [-0.4, -0.2) is 68.7 Å². The van der Waals surface area contributed by atoms with Crippen molar-refractivity contribution in [3.8, 4) is 0 Å². The Kier molecular flexibility index (Phi) is 18.1. The Morgan fingerprint density at radius 1 is 0.829 bits per heavy atom. The molecule has 0 spiro atoms. The lowest BCUT2D eigenvalue weighted by atomic mass is 9.92. The molecule has 41 heavy (non-hydrogen) atoms. The Morgan fingerprint density at radius 2 is 1.49 bits per heavy atom. The Morgan fingerprint density at radius 3 is 2.02 bits per heavy atom. The van der Waals surface area contributed by atoms with Crippen LogP contribution in [0.2, 0.25) is 0 Å². The number of allylic oxidation sites excluding steroid dienone is 2. The monoisotopic (exact) mass is 578 g/mol. The van der Waals surface area contributed by atoms with Crippen LogP contribution in [-0.2, 0) is 33.6 Å². The van der Waals surface area contributed by atoms with Crippen LogP contribution in [0.1, 0.15) is 78.1 Å². The van der Waals surface area contributed by atoms with Gasteiger partial charge in [-0.25, -0.2) is 0 Å². The zero-order valence-corrected chi connectivity index (χ0v) is 23.7. The maximum atomic E-state index is 12.4. The topological polar surface area (TPSA) is 216 Å². The molecule has 0 fully saturated rings. The Bertz CT molecular complexity index is 1020. The highest BCUT2D eigenvalue weighted by atomic mass is 16.4. The summed E-state index contributed by atoms with van der Waals surface area (Å²) < 4.78 is 0. The number of aliphatic carboxylic acids is 3. The van der Waals surface area contributed by atoms with E-state index in [0.717, 1.165) is 12.2 Å². The van der Waals surface area contributed by atoms with Gasteiger partial charge in [0.25, 0.3) is 0 Å². The molecule has 0 bridgehead atoms. The Balaban J connectivity index is 4.66. The molecule has 5 N–H and O–H groups in total. The molecule has 0 aromatic rings. The molecular weight excluding hydrogens is 536 g/mol. The second kappa shape index (κ2) is 20.0. The molecule has 0 aliphatic carbocycles. The average Bonchev–Trinajstić information content (AvgIpc) is 2.90. The van der Waals surface area contributed by atoms with Gasteiger partial charge in [0.1, 0.15) is 5.78 Å². The molecule has 0 saturated carbocycles. The molecule has 1 amide bonds. The fourth-order valence-electron chi connectivity index (χ4n) is 3.80. The van der Waals surface area contributed by atoms with Gasteiger partial charge in [-0.2, -0.15) is 0 Å². The van der Waals surface area contributed by atoms with Crippen molar-refractivity contribution in [2.24, 2.45) is 23.7 Å². The average molecular weight is 579 g/mol. The van der Waals surface area contributed by atoms with E-state index >= 15 is 0 Å². The van der Waals surface area contributed by atoms with Crippen LogP contribution in [0.25, 0.3) is 0 Å². The maximum absolute atomic E-state index is 12.4. The van der Waals surface area contributed by atoms with Gasteiger partial charge in [-0.3, -0.25) is 33.6 Å². The third-order valence-corrected chi connectivity index (χ3v) is 6.69. The quantitative estimate of drug-likeness (QED) is 0.0487. The van der Waals surface area contributed by atoms with Crippen molar-refractivity contribution < 1.29 is 48.9 Å². The van der Waals surface area contributed by atoms with Gasteiger partial charge in [-0.05, 0) is 45.1 Å². The molecule has 228 valence electrons. The summed E-state index contributed by atoms with van der Waals surface area (Å²) >= 11 is 0. The summed E-state index contributed by atoms with van der Waals surface area (Å²) in [5, 5.41) is 38.4. The van der Waals surface area contributed by atoms with Crippen molar-refractivity contribution in [1.29, 1.82) is 5.41 Å².